The van der Waals surface area contributed by atoms with E-state index in [1.807, 2.05) is 175 Å². The summed E-state index contributed by atoms with van der Waals surface area (Å²) in [5.74, 6) is 0.948. The van der Waals surface area contributed by atoms with E-state index in [-0.39, 0.29) is 116 Å². The summed E-state index contributed by atoms with van der Waals surface area (Å²) in [6.07, 6.45) is 11.1. The molecule has 14 rings (SSSR count). The molecule has 1 unspecified atom stereocenters. The number of nitrogens with two attached hydrogens (primary N) is 5. The molecule has 0 aromatic heterocycles. The number of hydrogen-bond donors (Lipinski definition) is 10. The molecule has 0 heterocycles. The van der Waals surface area contributed by atoms with Crippen LogP contribution in [-0.2, 0) is 26.8 Å². The van der Waals surface area contributed by atoms with Crippen LogP contribution in [-0.4, -0.2) is 52.2 Å². The second-order valence-corrected chi connectivity index (χ2v) is 34.1. The average molecular weight is 1590 g/mol. The van der Waals surface area contributed by atoms with E-state index < -0.39 is 48.9 Å². The Hall–Kier alpha value is -8.03. The average Bonchev–Trinajstić information content (AvgIpc) is 1.09. The Bertz CT molecular complexity index is 4440. The number of rotatable bonds is 24. The Morgan fingerprint density at radius 3 is 0.938 bits per heavy atom. The van der Waals surface area contributed by atoms with Crippen LogP contribution < -0.4 is 83.6 Å². The van der Waals surface area contributed by atoms with E-state index in [4.69, 9.17) is 28.7 Å². The first-order chi connectivity index (χ1) is 52.2. The van der Waals surface area contributed by atoms with Gasteiger partial charge in [0.05, 0.1) is 90.1 Å². The molecule has 0 saturated heterocycles. The first-order valence-electron chi connectivity index (χ1n) is 37.2. The number of benzene rings is 10. The Balaban J connectivity index is 0.000000247. The number of aldehydes is 1. The number of halogens is 6. The minimum absolute atomic E-state index is 0. The maximum absolute atomic E-state index is 14.1. The van der Waals surface area contributed by atoms with Crippen molar-refractivity contribution in [3.05, 3.63) is 327 Å². The Labute approximate surface area is 695 Å². The molecule has 4 aliphatic carbocycles. The number of nitrogens with one attached hydrogen (secondary N) is 5. The number of carbonyl (C=O) groups is 1. The van der Waals surface area contributed by atoms with Gasteiger partial charge in [-0.05, 0) is 240 Å². The minimum Gasteiger partial charge on any atom is -1.00 e. The summed E-state index contributed by atoms with van der Waals surface area (Å²) in [7, 11) is -2.53. The zero-order chi connectivity index (χ0) is 78.2. The molecule has 23 heteroatoms. The maximum Gasteiger partial charge on any atom is 1.00 e. The van der Waals surface area contributed by atoms with Gasteiger partial charge in [-0.3, -0.25) is 0 Å². The Kier molecular flexibility index (Phi) is 37.4. The van der Waals surface area contributed by atoms with Crippen LogP contribution in [0, 0.1) is 52.8 Å². The second kappa shape index (κ2) is 45.2. The van der Waals surface area contributed by atoms with Crippen molar-refractivity contribution < 1.29 is 66.1 Å². The normalized spacial score (nSPS) is 15.3. The van der Waals surface area contributed by atoms with Crippen LogP contribution in [0.25, 0.3) is 0 Å². The first-order valence-corrected chi connectivity index (χ1v) is 39.5. The van der Waals surface area contributed by atoms with Gasteiger partial charge in [0.25, 0.3) is 0 Å². The fourth-order valence-electron chi connectivity index (χ4n) is 11.4. The first kappa shape index (κ1) is 92.8. The minimum atomic E-state index is -1.26. The van der Waals surface area contributed by atoms with E-state index in [1.165, 1.54) is 73.9 Å². The number of carbonyl (C=O) groups excluding carboxylic acids is 1. The SMILES string of the molecule is CC(C)(C)S(=O)N[C@H](c1ccccc1)c1ccc(F)c(N)c1.CC(C)(C)[S@@](=O)N[C@@H](c1ccccc1)c1ccc(F)c(N)c1.Cl.Fc1ccc([C@H](NCC2CC2)c2ccccc2)cc1NCC1CC1.Nc1cc([C@H](N)c2ccccc2)ccc1F.Nc1cc([C@H](NCC2CC2)c2ccccc2)ccc1F.O=CC1CC1.[B].[H-].[Na+]. The van der Waals surface area contributed by atoms with Gasteiger partial charge < -0.3 is 50.8 Å². The van der Waals surface area contributed by atoms with Gasteiger partial charge in [-0.15, -0.1) is 12.4 Å². The standard InChI is InChI=1S/C21H25FN2.2C17H21FN2OS.C17H19FN2.C13H13FN2.C4H6O.B.ClH.Na.H/c22-19-11-10-18(12-20(19)23-13-15-6-7-15)21(24-14-16-8-9-16)17-4-2-1-3-5-17;2*1-17(2,3)22(21)20-16(12-7-5-4-6-8-12)13-9-10-14(18)15(19)11-13;18-15-9-8-14(10-16(15)19)17(20-11-12-6-7-12)13-4-2-1-3-5-13;14-11-7-6-10(8-12(11)15)13(16)9-4-2-1-3-5-9;5-3-4-1-2-4;;;;/h1-5,10-12,15-16,21,23-24H,6-9,13-14H2;2*4-11,16,20H,19H2,1-3H3;1-5,8-10,12,17,20H,6-7,11,19H2;1-8,13H,15-16H2;3-4H,1-2H2;;1H;;/q;;;;;;;;+1;-1/t21-;16-,22?;16-,22+;17-;13-;;;;;/m11011...../s1. The van der Waals surface area contributed by atoms with Crippen molar-refractivity contribution in [2.45, 2.75) is 133 Å². The van der Waals surface area contributed by atoms with E-state index in [2.05, 4.69) is 61.8 Å². The largest absolute Gasteiger partial charge is 1.00 e. The summed E-state index contributed by atoms with van der Waals surface area (Å²) < 4.78 is 97.7. The van der Waals surface area contributed by atoms with Crippen molar-refractivity contribution in [2.75, 3.05) is 47.9 Å². The fourth-order valence-corrected chi connectivity index (χ4v) is 13.1. The predicted octanol–water partition coefficient (Wildman–Crippen LogP) is 15.5. The third-order valence-electron chi connectivity index (χ3n) is 18.7. The third-order valence-corrected chi connectivity index (χ3v) is 21.8. The van der Waals surface area contributed by atoms with Crippen molar-refractivity contribution in [1.82, 2.24) is 20.1 Å². The van der Waals surface area contributed by atoms with Crippen molar-refractivity contribution in [3.8, 4) is 0 Å². The molecule has 0 aliphatic heterocycles. The number of nitrogen functional groups attached to an aromatic ring is 4. The summed E-state index contributed by atoms with van der Waals surface area (Å²) in [6.45, 7) is 14.3. The van der Waals surface area contributed by atoms with Crippen molar-refractivity contribution in [2.24, 2.45) is 29.4 Å². The van der Waals surface area contributed by atoms with Gasteiger partial charge in [0.15, 0.2) is 0 Å². The fraction of sp³-hybridized carbons (Fsp3) is 0.315. The monoisotopic (exact) mass is 1590 g/mol. The third kappa shape index (κ3) is 30.1. The smallest absolute Gasteiger partial charge is 1.00 e. The van der Waals surface area contributed by atoms with Crippen LogP contribution in [0.3, 0.4) is 0 Å². The van der Waals surface area contributed by atoms with Gasteiger partial charge in [-0.2, -0.15) is 0 Å². The summed E-state index contributed by atoms with van der Waals surface area (Å²) >= 11 is 0. The van der Waals surface area contributed by atoms with Gasteiger partial charge in [0, 0.05) is 20.9 Å². The molecule has 4 saturated carbocycles. The van der Waals surface area contributed by atoms with E-state index in [0.717, 1.165) is 101 Å². The van der Waals surface area contributed by atoms with Crippen LogP contribution in [0.2, 0.25) is 0 Å². The molecule has 589 valence electrons. The van der Waals surface area contributed by atoms with Gasteiger partial charge in [-0.1, -0.05) is 182 Å². The maximum atomic E-state index is 14.1. The molecule has 112 heavy (non-hydrogen) atoms. The van der Waals surface area contributed by atoms with Gasteiger partial charge in [0.1, 0.15) is 35.4 Å². The van der Waals surface area contributed by atoms with Gasteiger partial charge in [0.2, 0.25) is 0 Å². The van der Waals surface area contributed by atoms with Crippen LogP contribution in [0.15, 0.2) is 243 Å². The number of anilines is 5. The molecule has 3 radical (unpaired) electrons. The molecule has 4 fully saturated rings. The Morgan fingerprint density at radius 2 is 0.652 bits per heavy atom. The molecule has 4 aliphatic rings. The summed E-state index contributed by atoms with van der Waals surface area (Å²) in [5, 5.41) is 10.6. The molecule has 7 atom stereocenters. The summed E-state index contributed by atoms with van der Waals surface area (Å²) in [5.41, 5.74) is 39.6. The molecule has 0 amide bonds. The second-order valence-electron chi connectivity index (χ2n) is 30.1. The van der Waals surface area contributed by atoms with E-state index >= 15 is 0 Å². The molecule has 15 N–H and O–H groups in total. The van der Waals surface area contributed by atoms with E-state index in [1.54, 1.807) is 48.5 Å². The molecular formula is C89H107BClF5N10NaO3S2. The zero-order valence-electron chi connectivity index (χ0n) is 65.9. The van der Waals surface area contributed by atoms with Crippen molar-refractivity contribution >= 4 is 77.5 Å². The van der Waals surface area contributed by atoms with Gasteiger partial charge in [-0.25, -0.2) is 39.8 Å². The van der Waals surface area contributed by atoms with Crippen LogP contribution >= 0.6 is 12.4 Å². The Morgan fingerprint density at radius 1 is 0.384 bits per heavy atom. The zero-order valence-corrected chi connectivity index (χ0v) is 69.4. The quantitative estimate of drug-likeness (QED) is 0.0118. The van der Waals surface area contributed by atoms with Crippen LogP contribution in [0.1, 0.15) is 180 Å². The van der Waals surface area contributed by atoms with Crippen molar-refractivity contribution in [1.29, 1.82) is 0 Å². The van der Waals surface area contributed by atoms with Crippen LogP contribution in [0.4, 0.5) is 50.4 Å². The van der Waals surface area contributed by atoms with Crippen molar-refractivity contribution in [3.63, 3.8) is 0 Å². The molecular weight excluding hydrogens is 1490 g/mol. The molecule has 10 aromatic rings. The topological polar surface area (TPSA) is 241 Å². The van der Waals surface area contributed by atoms with E-state index in [0.29, 0.717) is 11.6 Å². The van der Waals surface area contributed by atoms with Gasteiger partial charge >= 0.3 is 29.6 Å². The molecule has 10 aromatic carbocycles. The predicted molar refractivity (Wildman–Crippen MR) is 453 cm³/mol. The molecule has 13 nitrogen and oxygen atoms in total. The number of hydrogen-bond acceptors (Lipinski definition) is 11. The molecule has 0 spiro atoms. The van der Waals surface area contributed by atoms with E-state index in [9.17, 15) is 35.2 Å². The summed E-state index contributed by atoms with van der Waals surface area (Å²) in [4.78, 5) is 9.57. The van der Waals surface area contributed by atoms with Crippen LogP contribution in [0.5, 0.6) is 0 Å². The molecule has 0 bridgehead atoms. The summed E-state index contributed by atoms with van der Waals surface area (Å²) in [6, 6.07) is 73.1.